The van der Waals surface area contributed by atoms with Crippen LogP contribution in [0.25, 0.3) is 0 Å². The maximum atomic E-state index is 11.3. The minimum absolute atomic E-state index is 0.127. The molecule has 80 valence electrons. The van der Waals surface area contributed by atoms with E-state index in [1.807, 2.05) is 13.0 Å². The maximum Gasteiger partial charge on any atom is 0.220 e. The summed E-state index contributed by atoms with van der Waals surface area (Å²) in [4.78, 5) is 15.4. The predicted molar refractivity (Wildman–Crippen MR) is 58.4 cm³/mol. The molecule has 0 aliphatic carbocycles. The number of aryl methyl sites for hydroxylation is 1. The van der Waals surface area contributed by atoms with E-state index < -0.39 is 0 Å². The van der Waals surface area contributed by atoms with Crippen LogP contribution in [0, 0.1) is 6.92 Å². The van der Waals surface area contributed by atoms with Crippen LogP contribution in [-0.4, -0.2) is 17.4 Å². The molecule has 15 heavy (non-hydrogen) atoms. The van der Waals surface area contributed by atoms with Gasteiger partial charge in [-0.05, 0) is 36.5 Å². The van der Waals surface area contributed by atoms with Gasteiger partial charge in [0, 0.05) is 19.2 Å². The summed E-state index contributed by atoms with van der Waals surface area (Å²) in [6.07, 6.45) is 3.35. The number of hydrogen-bond donors (Lipinski definition) is 2. The average Bonchev–Trinajstić information content (AvgIpc) is 2.17. The molecule has 1 aliphatic heterocycles. The lowest BCUT2D eigenvalue weighted by atomic mass is 9.88. The van der Waals surface area contributed by atoms with Gasteiger partial charge < -0.3 is 11.1 Å². The van der Waals surface area contributed by atoms with Gasteiger partial charge >= 0.3 is 0 Å². The Balaban J connectivity index is 2.24. The van der Waals surface area contributed by atoms with Gasteiger partial charge in [-0.3, -0.25) is 4.79 Å². The molecule has 1 unspecified atom stereocenters. The molecule has 4 heteroatoms. The molecule has 1 aromatic rings. The van der Waals surface area contributed by atoms with Crippen LogP contribution < -0.4 is 11.1 Å². The van der Waals surface area contributed by atoms with Gasteiger partial charge in [-0.1, -0.05) is 0 Å². The third-order valence-corrected chi connectivity index (χ3v) is 2.86. The first-order valence-electron chi connectivity index (χ1n) is 5.15. The van der Waals surface area contributed by atoms with E-state index in [4.69, 9.17) is 5.73 Å². The molecule has 2 rings (SSSR count). The van der Waals surface area contributed by atoms with Crippen molar-refractivity contribution in [2.75, 3.05) is 12.3 Å². The number of amides is 1. The highest BCUT2D eigenvalue weighted by Gasteiger charge is 2.22. The Morgan fingerprint density at radius 3 is 3.07 bits per heavy atom. The zero-order valence-corrected chi connectivity index (χ0v) is 8.79. The number of piperidine rings is 1. The molecule has 0 aromatic carbocycles. The first-order valence-corrected chi connectivity index (χ1v) is 5.15. The van der Waals surface area contributed by atoms with Gasteiger partial charge in [0.2, 0.25) is 5.91 Å². The molecule has 2 heterocycles. The van der Waals surface area contributed by atoms with Crippen LogP contribution in [0.5, 0.6) is 0 Å². The van der Waals surface area contributed by atoms with Crippen molar-refractivity contribution in [1.29, 1.82) is 0 Å². The van der Waals surface area contributed by atoms with Crippen LogP contribution in [-0.2, 0) is 4.79 Å². The second-order valence-corrected chi connectivity index (χ2v) is 4.01. The largest absolute Gasteiger partial charge is 0.384 e. The number of nitrogens with one attached hydrogen (secondary N) is 1. The first kappa shape index (κ1) is 9.96. The van der Waals surface area contributed by atoms with E-state index in [0.717, 1.165) is 24.1 Å². The quantitative estimate of drug-likeness (QED) is 0.717. The van der Waals surface area contributed by atoms with Gasteiger partial charge in [0.05, 0.1) is 0 Å². The zero-order valence-electron chi connectivity index (χ0n) is 8.79. The summed E-state index contributed by atoms with van der Waals surface area (Å²) in [5, 5.41) is 2.83. The lowest BCUT2D eigenvalue weighted by Gasteiger charge is -2.23. The molecular weight excluding hydrogens is 190 g/mol. The number of rotatable bonds is 1. The Bertz CT molecular complexity index is 389. The fourth-order valence-corrected chi connectivity index (χ4v) is 2.07. The lowest BCUT2D eigenvalue weighted by Crippen LogP contribution is -2.32. The molecule has 0 radical (unpaired) electrons. The highest BCUT2D eigenvalue weighted by atomic mass is 16.1. The Hall–Kier alpha value is -1.58. The number of carbonyl (C=O) groups excluding carboxylic acids is 1. The summed E-state index contributed by atoms with van der Waals surface area (Å²) < 4.78 is 0. The van der Waals surface area contributed by atoms with Crippen molar-refractivity contribution in [3.8, 4) is 0 Å². The standard InChI is InChI=1S/C11H15N3O/c1-7-4-10(12)14-6-9(7)8-2-3-13-11(15)5-8/h4,6,8H,2-3,5H2,1H3,(H2,12,14)(H,13,15). The summed E-state index contributed by atoms with van der Waals surface area (Å²) in [7, 11) is 0. The van der Waals surface area contributed by atoms with Gasteiger partial charge in [0.15, 0.2) is 0 Å². The van der Waals surface area contributed by atoms with Crippen molar-refractivity contribution in [2.24, 2.45) is 0 Å². The van der Waals surface area contributed by atoms with E-state index in [-0.39, 0.29) is 5.91 Å². The number of aromatic nitrogens is 1. The fraction of sp³-hybridized carbons (Fsp3) is 0.455. The summed E-state index contributed by atoms with van der Waals surface area (Å²) in [6.45, 7) is 2.77. The summed E-state index contributed by atoms with van der Waals surface area (Å²) >= 11 is 0. The Kier molecular flexibility index (Phi) is 2.58. The zero-order chi connectivity index (χ0) is 10.8. The smallest absolute Gasteiger partial charge is 0.220 e. The van der Waals surface area contributed by atoms with Crippen LogP contribution in [0.2, 0.25) is 0 Å². The predicted octanol–water partition coefficient (Wildman–Crippen LogP) is 0.966. The molecule has 3 N–H and O–H groups in total. The molecule has 1 aliphatic rings. The van der Waals surface area contributed by atoms with Gasteiger partial charge in [-0.15, -0.1) is 0 Å². The van der Waals surface area contributed by atoms with E-state index in [1.165, 1.54) is 0 Å². The molecule has 1 saturated heterocycles. The SMILES string of the molecule is Cc1cc(N)ncc1C1CCNC(=O)C1. The number of pyridine rings is 1. The molecule has 0 spiro atoms. The number of hydrogen-bond acceptors (Lipinski definition) is 3. The Morgan fingerprint density at radius 1 is 1.60 bits per heavy atom. The van der Waals surface area contributed by atoms with Crippen molar-refractivity contribution < 1.29 is 4.79 Å². The number of anilines is 1. The Labute approximate surface area is 88.9 Å². The monoisotopic (exact) mass is 205 g/mol. The number of nitrogens with zero attached hydrogens (tertiary/aromatic N) is 1. The van der Waals surface area contributed by atoms with Gasteiger partial charge in [-0.25, -0.2) is 4.98 Å². The fourth-order valence-electron chi connectivity index (χ4n) is 2.07. The number of nitrogens with two attached hydrogens (primary N) is 1. The molecule has 1 aromatic heterocycles. The molecule has 4 nitrogen and oxygen atoms in total. The van der Waals surface area contributed by atoms with Crippen molar-refractivity contribution in [1.82, 2.24) is 10.3 Å². The molecule has 1 atom stereocenters. The van der Waals surface area contributed by atoms with Crippen LogP contribution >= 0.6 is 0 Å². The van der Waals surface area contributed by atoms with Crippen molar-refractivity contribution in [3.05, 3.63) is 23.4 Å². The second kappa shape index (κ2) is 3.88. The molecule has 0 bridgehead atoms. The van der Waals surface area contributed by atoms with Crippen molar-refractivity contribution in [3.63, 3.8) is 0 Å². The van der Waals surface area contributed by atoms with Gasteiger partial charge in [0.25, 0.3) is 0 Å². The van der Waals surface area contributed by atoms with Crippen molar-refractivity contribution >= 4 is 11.7 Å². The highest BCUT2D eigenvalue weighted by Crippen LogP contribution is 2.28. The number of nitrogen functional groups attached to an aromatic ring is 1. The van der Waals surface area contributed by atoms with E-state index in [2.05, 4.69) is 10.3 Å². The lowest BCUT2D eigenvalue weighted by molar-refractivity contribution is -0.122. The summed E-state index contributed by atoms with van der Waals surface area (Å²) in [5.41, 5.74) is 7.87. The first-order chi connectivity index (χ1) is 7.16. The summed E-state index contributed by atoms with van der Waals surface area (Å²) in [5.74, 6) is 0.964. The van der Waals surface area contributed by atoms with Crippen LogP contribution in [0.15, 0.2) is 12.3 Å². The van der Waals surface area contributed by atoms with E-state index >= 15 is 0 Å². The van der Waals surface area contributed by atoms with E-state index in [0.29, 0.717) is 18.2 Å². The van der Waals surface area contributed by atoms with Crippen LogP contribution in [0.4, 0.5) is 5.82 Å². The van der Waals surface area contributed by atoms with E-state index in [9.17, 15) is 4.79 Å². The topological polar surface area (TPSA) is 68.0 Å². The van der Waals surface area contributed by atoms with Gasteiger partial charge in [0.1, 0.15) is 5.82 Å². The molecule has 1 amide bonds. The average molecular weight is 205 g/mol. The van der Waals surface area contributed by atoms with Crippen molar-refractivity contribution in [2.45, 2.75) is 25.7 Å². The van der Waals surface area contributed by atoms with E-state index in [1.54, 1.807) is 6.20 Å². The Morgan fingerprint density at radius 2 is 2.40 bits per heavy atom. The normalized spacial score (nSPS) is 21.1. The minimum atomic E-state index is 0.127. The maximum absolute atomic E-state index is 11.3. The molecular formula is C11H15N3O. The van der Waals surface area contributed by atoms with Gasteiger partial charge in [-0.2, -0.15) is 0 Å². The van der Waals surface area contributed by atoms with Crippen LogP contribution in [0.3, 0.4) is 0 Å². The second-order valence-electron chi connectivity index (χ2n) is 4.01. The molecule has 0 saturated carbocycles. The highest BCUT2D eigenvalue weighted by molar-refractivity contribution is 5.77. The molecule has 1 fully saturated rings. The minimum Gasteiger partial charge on any atom is -0.384 e. The number of carbonyl (C=O) groups is 1. The van der Waals surface area contributed by atoms with Crippen LogP contribution in [0.1, 0.15) is 29.9 Å². The summed E-state index contributed by atoms with van der Waals surface area (Å²) in [6, 6.07) is 1.86. The third kappa shape index (κ3) is 2.09. The third-order valence-electron chi connectivity index (χ3n) is 2.86.